The highest BCUT2D eigenvalue weighted by atomic mass is 19.1. The van der Waals surface area contributed by atoms with Crippen LogP contribution in [0.15, 0.2) is 18.2 Å². The molecule has 3 nitrogen and oxygen atoms in total. The van der Waals surface area contributed by atoms with Crippen molar-refractivity contribution in [3.05, 3.63) is 35.4 Å². The van der Waals surface area contributed by atoms with Crippen LogP contribution in [-0.2, 0) is 0 Å². The Morgan fingerprint density at radius 3 is 2.82 bits per heavy atom. The van der Waals surface area contributed by atoms with Crippen molar-refractivity contribution in [3.8, 4) is 0 Å². The lowest BCUT2D eigenvalue weighted by Gasteiger charge is -2.33. The molecule has 0 bridgehead atoms. The Morgan fingerprint density at radius 1 is 1.36 bits per heavy atom. The van der Waals surface area contributed by atoms with Crippen molar-refractivity contribution in [2.24, 2.45) is 0 Å². The summed E-state index contributed by atoms with van der Waals surface area (Å²) in [5, 5.41) is 10.1. The number of hydrogen-bond acceptors (Lipinski definition) is 3. The summed E-state index contributed by atoms with van der Waals surface area (Å²) in [6.07, 6.45) is 3.88. The maximum atomic E-state index is 13.7. The molecule has 0 aromatic heterocycles. The number of aliphatic hydroxyl groups is 1. The summed E-state index contributed by atoms with van der Waals surface area (Å²) >= 11 is 0. The molecule has 124 valence electrons. The van der Waals surface area contributed by atoms with Gasteiger partial charge in [-0.3, -0.25) is 0 Å². The summed E-state index contributed by atoms with van der Waals surface area (Å²) in [6.45, 7) is 2.35. The Bertz CT molecular complexity index is 484. The Balaban J connectivity index is 1.81. The van der Waals surface area contributed by atoms with Gasteiger partial charge in [-0.25, -0.2) is 8.78 Å². The number of nitrogens with zero attached hydrogens (tertiary/aromatic N) is 2. The SMILES string of the molecule is CN(CCC1CCCCN1C)CC(O)c1ccc(F)cc1F. The lowest BCUT2D eigenvalue weighted by atomic mass is 10.00. The fraction of sp³-hybridized carbons (Fsp3) is 0.647. The molecule has 1 saturated heterocycles. The second-order valence-corrected chi connectivity index (χ2v) is 6.36. The van der Waals surface area contributed by atoms with Crippen molar-refractivity contribution in [3.63, 3.8) is 0 Å². The molecule has 22 heavy (non-hydrogen) atoms. The van der Waals surface area contributed by atoms with Gasteiger partial charge in [-0.05, 0) is 52.5 Å². The summed E-state index contributed by atoms with van der Waals surface area (Å²) in [6, 6.07) is 3.91. The largest absolute Gasteiger partial charge is 0.387 e. The number of likely N-dealkylation sites (N-methyl/N-ethyl adjacent to an activating group) is 1. The predicted octanol–water partition coefficient (Wildman–Crippen LogP) is 2.80. The van der Waals surface area contributed by atoms with Gasteiger partial charge in [0.2, 0.25) is 0 Å². The quantitative estimate of drug-likeness (QED) is 0.875. The van der Waals surface area contributed by atoms with Crippen LogP contribution in [0.5, 0.6) is 0 Å². The summed E-state index contributed by atoms with van der Waals surface area (Å²) in [4.78, 5) is 4.41. The van der Waals surface area contributed by atoms with E-state index in [0.29, 0.717) is 12.6 Å². The lowest BCUT2D eigenvalue weighted by molar-refractivity contribution is 0.110. The van der Waals surface area contributed by atoms with Crippen molar-refractivity contribution in [2.45, 2.75) is 37.8 Å². The first-order chi connectivity index (χ1) is 10.5. The highest BCUT2D eigenvalue weighted by molar-refractivity contribution is 5.21. The molecule has 0 radical (unpaired) electrons. The number of piperidine rings is 1. The van der Waals surface area contributed by atoms with E-state index in [2.05, 4.69) is 11.9 Å². The van der Waals surface area contributed by atoms with Crippen molar-refractivity contribution in [1.82, 2.24) is 9.80 Å². The molecule has 0 aliphatic carbocycles. The first-order valence-corrected chi connectivity index (χ1v) is 7.99. The standard InChI is InChI=1S/C17H26F2N2O/c1-20(10-8-14-5-3-4-9-21(14)2)12-17(22)15-7-6-13(18)11-16(15)19/h6-7,11,14,17,22H,3-5,8-10,12H2,1-2H3. The first kappa shape index (κ1) is 17.3. The molecule has 1 aliphatic heterocycles. The molecular formula is C17H26F2N2O. The molecule has 1 aliphatic rings. The fourth-order valence-electron chi connectivity index (χ4n) is 3.13. The van der Waals surface area contributed by atoms with Crippen LogP contribution in [0.1, 0.15) is 37.4 Å². The summed E-state index contributed by atoms with van der Waals surface area (Å²) in [7, 11) is 4.08. The Labute approximate surface area is 131 Å². The summed E-state index contributed by atoms with van der Waals surface area (Å²) in [5.41, 5.74) is 0.156. The lowest BCUT2D eigenvalue weighted by Crippen LogP contribution is -2.39. The molecular weight excluding hydrogens is 286 g/mol. The van der Waals surface area contributed by atoms with Crippen molar-refractivity contribution >= 4 is 0 Å². The Morgan fingerprint density at radius 2 is 2.14 bits per heavy atom. The third-order valence-electron chi connectivity index (χ3n) is 4.57. The van der Waals surface area contributed by atoms with Gasteiger partial charge < -0.3 is 14.9 Å². The zero-order valence-electron chi connectivity index (χ0n) is 13.4. The van der Waals surface area contributed by atoms with Gasteiger partial charge in [-0.15, -0.1) is 0 Å². The first-order valence-electron chi connectivity index (χ1n) is 7.99. The van der Waals surface area contributed by atoms with Crippen LogP contribution in [0.2, 0.25) is 0 Å². The van der Waals surface area contributed by atoms with Gasteiger partial charge in [-0.1, -0.05) is 12.5 Å². The molecule has 1 N–H and O–H groups in total. The zero-order chi connectivity index (χ0) is 16.1. The van der Waals surface area contributed by atoms with E-state index in [1.54, 1.807) is 0 Å². The molecule has 1 heterocycles. The molecule has 1 aromatic rings. The average Bonchev–Trinajstić information content (AvgIpc) is 2.46. The number of halogens is 2. The smallest absolute Gasteiger partial charge is 0.131 e. The molecule has 2 rings (SSSR count). The predicted molar refractivity (Wildman–Crippen MR) is 83.7 cm³/mol. The van der Waals surface area contributed by atoms with Gasteiger partial charge in [0.1, 0.15) is 11.6 Å². The molecule has 1 aromatic carbocycles. The molecule has 0 amide bonds. The van der Waals surface area contributed by atoms with Gasteiger partial charge in [0.15, 0.2) is 0 Å². The van der Waals surface area contributed by atoms with Gasteiger partial charge in [0.05, 0.1) is 6.10 Å². The minimum Gasteiger partial charge on any atom is -0.387 e. The third kappa shape index (κ3) is 4.73. The maximum absolute atomic E-state index is 13.7. The normalized spacial score (nSPS) is 21.3. The molecule has 5 heteroatoms. The van der Waals surface area contributed by atoms with Crippen molar-refractivity contribution in [1.29, 1.82) is 0 Å². The van der Waals surface area contributed by atoms with Crippen LogP contribution in [0.25, 0.3) is 0 Å². The Kier molecular flexibility index (Phi) is 6.29. The number of rotatable bonds is 6. The van der Waals surface area contributed by atoms with Crippen molar-refractivity contribution in [2.75, 3.05) is 33.7 Å². The Hall–Kier alpha value is -1.04. The average molecular weight is 312 g/mol. The molecule has 0 spiro atoms. The van der Waals surface area contributed by atoms with Crippen molar-refractivity contribution < 1.29 is 13.9 Å². The van der Waals surface area contributed by atoms with E-state index in [1.165, 1.54) is 31.4 Å². The highest BCUT2D eigenvalue weighted by Crippen LogP contribution is 2.20. The van der Waals surface area contributed by atoms with E-state index >= 15 is 0 Å². The number of benzene rings is 1. The minimum atomic E-state index is -0.935. The summed E-state index contributed by atoms with van der Waals surface area (Å²) in [5.74, 6) is -1.31. The second kappa shape index (κ2) is 7.99. The van der Waals surface area contributed by atoms with Crippen LogP contribution in [-0.4, -0.2) is 54.7 Å². The van der Waals surface area contributed by atoms with E-state index in [1.807, 2.05) is 11.9 Å². The number of aliphatic hydroxyl groups excluding tert-OH is 1. The van der Waals surface area contributed by atoms with Gasteiger partial charge >= 0.3 is 0 Å². The van der Waals surface area contributed by atoms with Crippen LogP contribution >= 0.6 is 0 Å². The van der Waals surface area contributed by atoms with E-state index < -0.39 is 17.7 Å². The van der Waals surface area contributed by atoms with Crippen LogP contribution < -0.4 is 0 Å². The maximum Gasteiger partial charge on any atom is 0.131 e. The zero-order valence-corrected chi connectivity index (χ0v) is 13.4. The molecule has 0 saturated carbocycles. The number of likely N-dealkylation sites (tertiary alicyclic amines) is 1. The van der Waals surface area contributed by atoms with E-state index in [4.69, 9.17) is 0 Å². The van der Waals surface area contributed by atoms with E-state index in [0.717, 1.165) is 25.6 Å². The van der Waals surface area contributed by atoms with Gasteiger partial charge in [0.25, 0.3) is 0 Å². The third-order valence-corrected chi connectivity index (χ3v) is 4.57. The molecule has 2 unspecified atom stereocenters. The molecule has 2 atom stereocenters. The summed E-state index contributed by atoms with van der Waals surface area (Å²) < 4.78 is 26.6. The minimum absolute atomic E-state index is 0.156. The van der Waals surface area contributed by atoms with E-state index in [9.17, 15) is 13.9 Å². The highest BCUT2D eigenvalue weighted by Gasteiger charge is 2.20. The monoisotopic (exact) mass is 312 g/mol. The van der Waals surface area contributed by atoms with E-state index in [-0.39, 0.29) is 5.56 Å². The van der Waals surface area contributed by atoms with Gasteiger partial charge in [0, 0.05) is 24.2 Å². The number of hydrogen-bond donors (Lipinski definition) is 1. The molecule has 1 fully saturated rings. The van der Waals surface area contributed by atoms with Gasteiger partial charge in [-0.2, -0.15) is 0 Å². The van der Waals surface area contributed by atoms with Crippen LogP contribution in [0, 0.1) is 11.6 Å². The second-order valence-electron chi connectivity index (χ2n) is 6.36. The topological polar surface area (TPSA) is 26.7 Å². The fourth-order valence-corrected chi connectivity index (χ4v) is 3.13. The van der Waals surface area contributed by atoms with Crippen LogP contribution in [0.3, 0.4) is 0 Å². The van der Waals surface area contributed by atoms with Crippen LogP contribution in [0.4, 0.5) is 8.78 Å².